The zero-order chi connectivity index (χ0) is 23.6. The fourth-order valence-electron chi connectivity index (χ4n) is 3.69. The summed E-state index contributed by atoms with van der Waals surface area (Å²) in [5.41, 5.74) is 1.88. The Morgan fingerprint density at radius 3 is 2.48 bits per heavy atom. The minimum Gasteiger partial charge on any atom is -0.337 e. The minimum absolute atomic E-state index is 0.0775. The van der Waals surface area contributed by atoms with Crippen molar-refractivity contribution in [2.24, 2.45) is 0 Å². The molecule has 0 aliphatic rings. The first kappa shape index (κ1) is 22.4. The molecule has 1 N–H and O–H groups in total. The molecule has 6 nitrogen and oxygen atoms in total. The van der Waals surface area contributed by atoms with Crippen LogP contribution in [0.25, 0.3) is 10.9 Å². The van der Waals surface area contributed by atoms with Crippen molar-refractivity contribution in [1.29, 1.82) is 0 Å². The van der Waals surface area contributed by atoms with Crippen molar-refractivity contribution in [2.75, 3.05) is 5.32 Å². The number of para-hydroxylation sites is 1. The summed E-state index contributed by atoms with van der Waals surface area (Å²) in [6, 6.07) is 19.0. The summed E-state index contributed by atoms with van der Waals surface area (Å²) in [6.07, 6.45) is 1.44. The summed E-state index contributed by atoms with van der Waals surface area (Å²) >= 11 is 0. The maximum absolute atomic E-state index is 13.5. The number of rotatable bonds is 7. The molecule has 0 atom stereocenters. The first-order valence-electron chi connectivity index (χ1n) is 10.2. The highest BCUT2D eigenvalue weighted by atomic mass is 32.2. The molecule has 3 aromatic carbocycles. The van der Waals surface area contributed by atoms with E-state index in [9.17, 15) is 22.4 Å². The lowest BCUT2D eigenvalue weighted by molar-refractivity contribution is -0.116. The number of benzene rings is 3. The van der Waals surface area contributed by atoms with Crippen molar-refractivity contribution in [3.8, 4) is 0 Å². The Hall–Kier alpha value is -3.78. The zero-order valence-corrected chi connectivity index (χ0v) is 18.6. The van der Waals surface area contributed by atoms with E-state index in [0.29, 0.717) is 27.7 Å². The van der Waals surface area contributed by atoms with Crippen LogP contribution in [0.4, 0.5) is 10.1 Å². The zero-order valence-electron chi connectivity index (χ0n) is 17.8. The Kier molecular flexibility index (Phi) is 6.11. The van der Waals surface area contributed by atoms with Gasteiger partial charge in [-0.25, -0.2) is 12.8 Å². The van der Waals surface area contributed by atoms with Gasteiger partial charge in [0.2, 0.25) is 5.91 Å². The van der Waals surface area contributed by atoms with E-state index in [0.717, 1.165) is 0 Å². The monoisotopic (exact) mass is 464 g/mol. The van der Waals surface area contributed by atoms with Gasteiger partial charge in [-0.05, 0) is 42.8 Å². The number of halogens is 1. The first-order chi connectivity index (χ1) is 15.7. The van der Waals surface area contributed by atoms with Crippen molar-refractivity contribution >= 4 is 38.1 Å². The quantitative estimate of drug-likeness (QED) is 0.405. The molecule has 4 aromatic rings. The molecule has 0 bridgehead atoms. The lowest BCUT2D eigenvalue weighted by Gasteiger charge is -2.08. The second-order valence-corrected chi connectivity index (χ2v) is 9.67. The van der Waals surface area contributed by atoms with E-state index in [1.54, 1.807) is 59.2 Å². The maximum Gasteiger partial charge on any atom is 0.244 e. The summed E-state index contributed by atoms with van der Waals surface area (Å²) < 4.78 is 41.4. The molecule has 168 valence electrons. The van der Waals surface area contributed by atoms with E-state index in [4.69, 9.17) is 0 Å². The highest BCUT2D eigenvalue weighted by molar-refractivity contribution is 7.90. The molecule has 1 heterocycles. The van der Waals surface area contributed by atoms with Crippen LogP contribution < -0.4 is 5.32 Å². The van der Waals surface area contributed by atoms with Crippen molar-refractivity contribution in [2.45, 2.75) is 24.1 Å². The number of ketones is 1. The molecule has 0 aliphatic carbocycles. The molecule has 1 aromatic heterocycles. The fraction of sp³-hybridized carbons (Fsp3) is 0.120. The number of carbonyl (C=O) groups excluding carboxylic acids is 2. The number of hydrogen-bond donors (Lipinski definition) is 1. The van der Waals surface area contributed by atoms with Crippen LogP contribution in [-0.2, 0) is 26.9 Å². The van der Waals surface area contributed by atoms with Crippen molar-refractivity contribution in [3.05, 3.63) is 95.9 Å². The first-order valence-corrected chi connectivity index (χ1v) is 11.8. The average Bonchev–Trinajstić information content (AvgIpc) is 3.13. The molecule has 4 rings (SSSR count). The molecule has 0 fully saturated rings. The number of nitrogens with zero attached hydrogens (tertiary/aromatic N) is 1. The molecule has 1 amide bonds. The van der Waals surface area contributed by atoms with Gasteiger partial charge in [-0.1, -0.05) is 42.5 Å². The smallest absolute Gasteiger partial charge is 0.244 e. The Labute approximate surface area is 190 Å². The molecule has 0 spiro atoms. The number of anilines is 1. The largest absolute Gasteiger partial charge is 0.337 e. The third-order valence-electron chi connectivity index (χ3n) is 5.20. The topological polar surface area (TPSA) is 85.2 Å². The Morgan fingerprint density at radius 1 is 0.970 bits per heavy atom. The third-order valence-corrected chi connectivity index (χ3v) is 6.91. The second kappa shape index (κ2) is 8.99. The highest BCUT2D eigenvalue weighted by Crippen LogP contribution is 2.28. The highest BCUT2D eigenvalue weighted by Gasteiger charge is 2.22. The van der Waals surface area contributed by atoms with Crippen LogP contribution in [0.2, 0.25) is 0 Å². The van der Waals surface area contributed by atoms with Crippen molar-refractivity contribution in [3.63, 3.8) is 0 Å². The SMILES string of the molecule is CC(=O)c1cccc(NC(=O)Cn2cc(S(=O)(=O)Cc3cccc(F)c3)c3ccccc32)c1. The van der Waals surface area contributed by atoms with Crippen LogP contribution in [-0.4, -0.2) is 24.7 Å². The van der Waals surface area contributed by atoms with E-state index < -0.39 is 15.7 Å². The Balaban J connectivity index is 1.62. The van der Waals surface area contributed by atoms with Gasteiger partial charge in [0.15, 0.2) is 15.6 Å². The molecule has 0 saturated carbocycles. The van der Waals surface area contributed by atoms with Crippen LogP contribution in [0.5, 0.6) is 0 Å². The number of amides is 1. The van der Waals surface area contributed by atoms with E-state index in [1.807, 2.05) is 0 Å². The summed E-state index contributed by atoms with van der Waals surface area (Å²) in [5, 5.41) is 3.23. The summed E-state index contributed by atoms with van der Waals surface area (Å²) in [5.74, 6) is -1.35. The maximum atomic E-state index is 13.5. The van der Waals surface area contributed by atoms with E-state index in [1.165, 1.54) is 31.3 Å². The number of sulfone groups is 1. The average molecular weight is 465 g/mol. The predicted octanol–water partition coefficient (Wildman–Crippen LogP) is 4.60. The minimum atomic E-state index is -3.80. The van der Waals surface area contributed by atoms with Crippen LogP contribution in [0.3, 0.4) is 0 Å². The van der Waals surface area contributed by atoms with E-state index in [-0.39, 0.29) is 28.9 Å². The van der Waals surface area contributed by atoms with E-state index >= 15 is 0 Å². The molecule has 8 heteroatoms. The molecule has 0 unspecified atom stereocenters. The summed E-state index contributed by atoms with van der Waals surface area (Å²) in [7, 11) is -3.80. The van der Waals surface area contributed by atoms with E-state index in [2.05, 4.69) is 5.32 Å². The fourth-order valence-corrected chi connectivity index (χ4v) is 5.26. The summed E-state index contributed by atoms with van der Waals surface area (Å²) in [4.78, 5) is 24.3. The summed E-state index contributed by atoms with van der Waals surface area (Å²) in [6.45, 7) is 1.32. The standard InChI is InChI=1S/C25H21FN2O4S/c1-17(29)19-7-5-9-21(13-19)27-25(30)15-28-14-24(22-10-2-3-11-23(22)28)33(31,32)16-18-6-4-8-20(26)12-18/h2-14H,15-16H2,1H3,(H,27,30). The van der Waals surface area contributed by atoms with Gasteiger partial charge < -0.3 is 9.88 Å². The lowest BCUT2D eigenvalue weighted by atomic mass is 10.1. The van der Waals surface area contributed by atoms with Crippen LogP contribution in [0, 0.1) is 5.82 Å². The van der Waals surface area contributed by atoms with Crippen LogP contribution >= 0.6 is 0 Å². The second-order valence-electron chi connectivity index (χ2n) is 7.71. The molecular formula is C25H21FN2O4S. The van der Waals surface area contributed by atoms with Gasteiger partial charge in [0.25, 0.3) is 0 Å². The van der Waals surface area contributed by atoms with Crippen LogP contribution in [0.1, 0.15) is 22.8 Å². The van der Waals surface area contributed by atoms with Gasteiger partial charge >= 0.3 is 0 Å². The molecule has 0 radical (unpaired) electrons. The van der Waals surface area contributed by atoms with Gasteiger partial charge in [-0.3, -0.25) is 9.59 Å². The molecule has 0 aliphatic heterocycles. The van der Waals surface area contributed by atoms with Gasteiger partial charge in [-0.15, -0.1) is 0 Å². The number of aromatic nitrogens is 1. The molecular weight excluding hydrogens is 443 g/mol. The van der Waals surface area contributed by atoms with Gasteiger partial charge in [0, 0.05) is 28.4 Å². The van der Waals surface area contributed by atoms with Crippen LogP contribution in [0.15, 0.2) is 83.9 Å². The van der Waals surface area contributed by atoms with Gasteiger partial charge in [0.1, 0.15) is 12.4 Å². The molecule has 33 heavy (non-hydrogen) atoms. The number of hydrogen-bond acceptors (Lipinski definition) is 4. The lowest BCUT2D eigenvalue weighted by Crippen LogP contribution is -2.18. The third kappa shape index (κ3) is 5.01. The number of nitrogens with one attached hydrogen (secondary N) is 1. The number of fused-ring (bicyclic) bond motifs is 1. The van der Waals surface area contributed by atoms with Gasteiger partial charge in [0.05, 0.1) is 10.6 Å². The predicted molar refractivity (Wildman–Crippen MR) is 124 cm³/mol. The van der Waals surface area contributed by atoms with Crippen molar-refractivity contribution < 1.29 is 22.4 Å². The normalized spacial score (nSPS) is 11.5. The number of Topliss-reactive ketones (excluding diaryl/α,β-unsaturated/α-hetero) is 1. The van der Waals surface area contributed by atoms with Crippen molar-refractivity contribution in [1.82, 2.24) is 4.57 Å². The Bertz CT molecular complexity index is 1470. The number of carbonyl (C=O) groups is 2. The van der Waals surface area contributed by atoms with Gasteiger partial charge in [-0.2, -0.15) is 0 Å². The molecule has 0 saturated heterocycles. The Morgan fingerprint density at radius 2 is 1.73 bits per heavy atom.